The van der Waals surface area contributed by atoms with Gasteiger partial charge in [-0.15, -0.1) is 0 Å². The van der Waals surface area contributed by atoms with E-state index in [4.69, 9.17) is 9.84 Å². The number of hydrogen-bond acceptors (Lipinski definition) is 3. The second kappa shape index (κ2) is 5.25. The SMILES string of the molecule is CCCCCC12CCN(CC1)C[C@@H]2OC(=O)O. The molecular formula is C13H23NO3. The maximum atomic E-state index is 10.8. The van der Waals surface area contributed by atoms with E-state index >= 15 is 0 Å². The Morgan fingerprint density at radius 3 is 2.71 bits per heavy atom. The Morgan fingerprint density at radius 1 is 1.41 bits per heavy atom. The summed E-state index contributed by atoms with van der Waals surface area (Å²) < 4.78 is 5.13. The minimum absolute atomic E-state index is 0.0978. The molecule has 3 rings (SSSR count). The molecule has 0 aromatic heterocycles. The Kier molecular flexibility index (Phi) is 3.92. The summed E-state index contributed by atoms with van der Waals surface area (Å²) in [5.74, 6) is 0. The monoisotopic (exact) mass is 241 g/mol. The van der Waals surface area contributed by atoms with E-state index in [0.29, 0.717) is 0 Å². The number of unbranched alkanes of at least 4 members (excludes halogenated alkanes) is 2. The molecule has 4 heteroatoms. The van der Waals surface area contributed by atoms with Gasteiger partial charge >= 0.3 is 6.16 Å². The summed E-state index contributed by atoms with van der Waals surface area (Å²) in [4.78, 5) is 13.1. The van der Waals surface area contributed by atoms with E-state index in [1.807, 2.05) is 0 Å². The van der Waals surface area contributed by atoms with Crippen LogP contribution < -0.4 is 0 Å². The van der Waals surface area contributed by atoms with Gasteiger partial charge < -0.3 is 9.84 Å². The third-order valence-electron chi connectivity index (χ3n) is 4.48. The number of rotatable bonds is 5. The molecule has 0 radical (unpaired) electrons. The van der Waals surface area contributed by atoms with Gasteiger partial charge in [-0.1, -0.05) is 26.2 Å². The second-order valence-electron chi connectivity index (χ2n) is 5.49. The first-order chi connectivity index (χ1) is 8.16. The Hall–Kier alpha value is -0.770. The van der Waals surface area contributed by atoms with Gasteiger partial charge in [-0.2, -0.15) is 0 Å². The predicted molar refractivity (Wildman–Crippen MR) is 65.1 cm³/mol. The molecule has 17 heavy (non-hydrogen) atoms. The van der Waals surface area contributed by atoms with Crippen molar-refractivity contribution in [3.8, 4) is 0 Å². The Labute approximate surface area is 103 Å². The number of carbonyl (C=O) groups is 1. The van der Waals surface area contributed by atoms with Crippen LogP contribution in [0.3, 0.4) is 0 Å². The van der Waals surface area contributed by atoms with Crippen molar-refractivity contribution in [2.24, 2.45) is 5.41 Å². The summed E-state index contributed by atoms with van der Waals surface area (Å²) in [6, 6.07) is 0. The summed E-state index contributed by atoms with van der Waals surface area (Å²) in [7, 11) is 0. The summed E-state index contributed by atoms with van der Waals surface area (Å²) >= 11 is 0. The van der Waals surface area contributed by atoms with Gasteiger partial charge in [0.15, 0.2) is 0 Å². The molecule has 1 atom stereocenters. The molecule has 3 aliphatic rings. The molecule has 0 saturated carbocycles. The summed E-state index contributed by atoms with van der Waals surface area (Å²) in [6.45, 7) is 5.24. The predicted octanol–water partition coefficient (Wildman–Crippen LogP) is 2.73. The van der Waals surface area contributed by atoms with Crippen molar-refractivity contribution in [1.82, 2.24) is 4.90 Å². The molecule has 1 N–H and O–H groups in total. The van der Waals surface area contributed by atoms with Crippen LogP contribution in [-0.4, -0.2) is 41.9 Å². The average molecular weight is 241 g/mol. The molecule has 0 spiro atoms. The summed E-state index contributed by atoms with van der Waals surface area (Å²) in [5, 5.41) is 8.84. The van der Waals surface area contributed by atoms with Crippen molar-refractivity contribution in [3.63, 3.8) is 0 Å². The van der Waals surface area contributed by atoms with Crippen LogP contribution in [0.2, 0.25) is 0 Å². The van der Waals surface area contributed by atoms with Gasteiger partial charge in [-0.05, 0) is 32.4 Å². The first kappa shape index (κ1) is 12.7. The zero-order valence-corrected chi connectivity index (χ0v) is 10.7. The fourth-order valence-corrected chi connectivity index (χ4v) is 3.35. The van der Waals surface area contributed by atoms with Gasteiger partial charge in [-0.3, -0.25) is 4.90 Å². The summed E-state index contributed by atoms with van der Waals surface area (Å²) in [5.41, 5.74) is 0.141. The van der Waals surface area contributed by atoms with Crippen molar-refractivity contribution in [1.29, 1.82) is 0 Å². The van der Waals surface area contributed by atoms with Crippen molar-refractivity contribution in [3.05, 3.63) is 0 Å². The van der Waals surface area contributed by atoms with E-state index in [1.165, 1.54) is 19.3 Å². The zero-order valence-electron chi connectivity index (χ0n) is 10.7. The van der Waals surface area contributed by atoms with Crippen LogP contribution >= 0.6 is 0 Å². The number of nitrogens with zero attached hydrogens (tertiary/aromatic N) is 1. The normalized spacial score (nSPS) is 35.8. The number of carboxylic acid groups (broad SMARTS) is 1. The van der Waals surface area contributed by atoms with Gasteiger partial charge in [0.25, 0.3) is 0 Å². The highest BCUT2D eigenvalue weighted by atomic mass is 16.7. The fraction of sp³-hybridized carbons (Fsp3) is 0.923. The highest BCUT2D eigenvalue weighted by molar-refractivity contribution is 5.57. The fourth-order valence-electron chi connectivity index (χ4n) is 3.35. The van der Waals surface area contributed by atoms with Crippen LogP contribution in [0.1, 0.15) is 45.4 Å². The molecule has 98 valence electrons. The maximum absolute atomic E-state index is 10.8. The number of hydrogen-bond donors (Lipinski definition) is 1. The number of ether oxygens (including phenoxy) is 1. The van der Waals surface area contributed by atoms with Crippen molar-refractivity contribution >= 4 is 6.16 Å². The lowest BCUT2D eigenvalue weighted by atomic mass is 9.67. The second-order valence-corrected chi connectivity index (χ2v) is 5.49. The first-order valence-corrected chi connectivity index (χ1v) is 6.78. The van der Waals surface area contributed by atoms with E-state index in [9.17, 15) is 4.79 Å². The number of fused-ring (bicyclic) bond motifs is 3. The van der Waals surface area contributed by atoms with E-state index in [0.717, 1.165) is 38.9 Å². The molecule has 3 fully saturated rings. The molecule has 4 nitrogen and oxygen atoms in total. The Morgan fingerprint density at radius 2 is 2.12 bits per heavy atom. The topological polar surface area (TPSA) is 49.8 Å². The van der Waals surface area contributed by atoms with Crippen molar-refractivity contribution in [2.75, 3.05) is 19.6 Å². The van der Waals surface area contributed by atoms with E-state index in [-0.39, 0.29) is 11.5 Å². The third-order valence-corrected chi connectivity index (χ3v) is 4.48. The Bertz CT molecular complexity index is 272. The smallest absolute Gasteiger partial charge is 0.450 e. The van der Waals surface area contributed by atoms with Gasteiger partial charge in [0, 0.05) is 12.0 Å². The van der Waals surface area contributed by atoms with Crippen molar-refractivity contribution in [2.45, 2.75) is 51.6 Å². The average Bonchev–Trinajstić information content (AvgIpc) is 2.31. The highest BCUT2D eigenvalue weighted by Gasteiger charge is 2.48. The molecule has 0 aromatic carbocycles. The van der Waals surface area contributed by atoms with Crippen molar-refractivity contribution < 1.29 is 14.6 Å². The van der Waals surface area contributed by atoms with Crippen LogP contribution in [0.25, 0.3) is 0 Å². The highest BCUT2D eigenvalue weighted by Crippen LogP contribution is 2.45. The first-order valence-electron chi connectivity index (χ1n) is 6.78. The molecule has 3 heterocycles. The standard InChI is InChI=1S/C13H23NO3/c1-2-3-4-5-13-6-8-14(9-7-13)10-11(13)17-12(15)16/h11H,2-10H2,1H3,(H,15,16)/t11-/m0/s1. The molecular weight excluding hydrogens is 218 g/mol. The van der Waals surface area contributed by atoms with E-state index in [2.05, 4.69) is 11.8 Å². The molecule has 0 aromatic rings. The minimum Gasteiger partial charge on any atom is -0.450 e. The molecule has 0 unspecified atom stereocenters. The van der Waals surface area contributed by atoms with E-state index in [1.54, 1.807) is 0 Å². The largest absolute Gasteiger partial charge is 0.506 e. The molecule has 0 aliphatic carbocycles. The summed E-state index contributed by atoms with van der Waals surface area (Å²) in [6.07, 6.45) is 5.79. The van der Waals surface area contributed by atoms with Gasteiger partial charge in [0.2, 0.25) is 0 Å². The molecule has 3 aliphatic heterocycles. The van der Waals surface area contributed by atoms with E-state index < -0.39 is 6.16 Å². The minimum atomic E-state index is -1.11. The van der Waals surface area contributed by atoms with Crippen LogP contribution in [0.4, 0.5) is 4.79 Å². The molecule has 0 amide bonds. The molecule has 3 saturated heterocycles. The third kappa shape index (κ3) is 2.73. The molecule has 2 bridgehead atoms. The zero-order chi connectivity index (χ0) is 12.3. The number of piperidine rings is 3. The van der Waals surface area contributed by atoms with Gasteiger partial charge in [0.05, 0.1) is 0 Å². The van der Waals surface area contributed by atoms with Crippen LogP contribution in [0.15, 0.2) is 0 Å². The van der Waals surface area contributed by atoms with Gasteiger partial charge in [0.1, 0.15) is 6.10 Å². The maximum Gasteiger partial charge on any atom is 0.506 e. The van der Waals surface area contributed by atoms with Gasteiger partial charge in [-0.25, -0.2) is 4.79 Å². The quantitative estimate of drug-likeness (QED) is 0.594. The Balaban J connectivity index is 1.99. The lowest BCUT2D eigenvalue weighted by molar-refractivity contribution is -0.111. The van der Waals surface area contributed by atoms with Crippen LogP contribution in [0, 0.1) is 5.41 Å². The lowest BCUT2D eigenvalue weighted by Crippen LogP contribution is -2.58. The van der Waals surface area contributed by atoms with Crippen LogP contribution in [-0.2, 0) is 4.74 Å². The van der Waals surface area contributed by atoms with Crippen LogP contribution in [0.5, 0.6) is 0 Å². The lowest BCUT2D eigenvalue weighted by Gasteiger charge is -2.52.